The number of alkyl carbamates (subject to hydrolysis) is 1. The van der Waals surface area contributed by atoms with Crippen molar-refractivity contribution in [3.05, 3.63) is 59.7 Å². The first-order valence-corrected chi connectivity index (χ1v) is 10.4. The molecule has 0 heterocycles. The Morgan fingerprint density at radius 2 is 1.62 bits per heavy atom. The third kappa shape index (κ3) is 5.08. The second kappa shape index (κ2) is 10.3. The predicted octanol–water partition coefficient (Wildman–Crippen LogP) is 2.86. The van der Waals surface area contributed by atoms with Crippen LogP contribution >= 0.6 is 0 Å². The molecule has 1 aliphatic carbocycles. The number of rotatable bonds is 9. The van der Waals surface area contributed by atoms with Gasteiger partial charge in [-0.15, -0.1) is 0 Å². The molecule has 0 saturated carbocycles. The zero-order chi connectivity index (χ0) is 23.3. The van der Waals surface area contributed by atoms with Gasteiger partial charge in [-0.3, -0.25) is 9.59 Å². The molecular formula is C24H28N2O6. The van der Waals surface area contributed by atoms with Crippen molar-refractivity contribution in [3.8, 4) is 11.1 Å². The van der Waals surface area contributed by atoms with Crippen LogP contribution in [0.2, 0.25) is 0 Å². The van der Waals surface area contributed by atoms with Crippen LogP contribution in [0.3, 0.4) is 0 Å². The van der Waals surface area contributed by atoms with E-state index in [0.717, 1.165) is 22.3 Å². The summed E-state index contributed by atoms with van der Waals surface area (Å²) in [7, 11) is 2.92. The number of carboxylic acid groups (broad SMARTS) is 1. The molecule has 2 amide bonds. The molecule has 0 aliphatic heterocycles. The van der Waals surface area contributed by atoms with Gasteiger partial charge in [0.1, 0.15) is 12.6 Å². The van der Waals surface area contributed by atoms with E-state index >= 15 is 0 Å². The second-order valence-electron chi connectivity index (χ2n) is 7.79. The molecule has 3 rings (SSSR count). The summed E-state index contributed by atoms with van der Waals surface area (Å²) in [5.74, 6) is -1.56. The minimum Gasteiger partial charge on any atom is -0.481 e. The molecule has 32 heavy (non-hydrogen) atoms. The summed E-state index contributed by atoms with van der Waals surface area (Å²) in [6, 6.07) is 15.0. The lowest BCUT2D eigenvalue weighted by molar-refractivity contribution is -0.139. The van der Waals surface area contributed by atoms with E-state index in [1.165, 1.54) is 19.1 Å². The Morgan fingerprint density at radius 1 is 1.06 bits per heavy atom. The van der Waals surface area contributed by atoms with E-state index in [1.54, 1.807) is 6.92 Å². The number of aliphatic carboxylic acids is 1. The SMILES string of the molecule is COC(C)C(NC(=O)OCC1c2ccccc2-c2ccccc21)C(=O)N(C)CCC(=O)O. The molecule has 2 N–H and O–H groups in total. The van der Waals surface area contributed by atoms with Crippen molar-refractivity contribution in [2.24, 2.45) is 0 Å². The van der Waals surface area contributed by atoms with Crippen molar-refractivity contribution in [2.75, 3.05) is 27.3 Å². The third-order valence-corrected chi connectivity index (χ3v) is 5.76. The molecule has 8 heteroatoms. The first-order chi connectivity index (χ1) is 15.3. The first kappa shape index (κ1) is 23.3. The van der Waals surface area contributed by atoms with Gasteiger partial charge in [-0.1, -0.05) is 48.5 Å². The molecule has 0 radical (unpaired) electrons. The van der Waals surface area contributed by atoms with Crippen LogP contribution in [0.4, 0.5) is 4.79 Å². The quantitative estimate of drug-likeness (QED) is 0.621. The lowest BCUT2D eigenvalue weighted by Crippen LogP contribution is -2.53. The number of amides is 2. The summed E-state index contributed by atoms with van der Waals surface area (Å²) < 4.78 is 10.8. The van der Waals surface area contributed by atoms with Crippen LogP contribution in [0.15, 0.2) is 48.5 Å². The molecule has 2 aromatic carbocycles. The highest BCUT2D eigenvalue weighted by atomic mass is 16.5. The van der Waals surface area contributed by atoms with Crippen LogP contribution < -0.4 is 5.32 Å². The monoisotopic (exact) mass is 440 g/mol. The normalized spacial score (nSPS) is 14.1. The molecular weight excluding hydrogens is 412 g/mol. The lowest BCUT2D eigenvalue weighted by atomic mass is 9.98. The molecule has 2 atom stereocenters. The number of hydrogen-bond donors (Lipinski definition) is 2. The molecule has 0 aromatic heterocycles. The topological polar surface area (TPSA) is 105 Å². The van der Waals surface area contributed by atoms with Crippen LogP contribution in [-0.2, 0) is 19.1 Å². The number of carbonyl (C=O) groups is 3. The summed E-state index contributed by atoms with van der Waals surface area (Å²) >= 11 is 0. The molecule has 0 fully saturated rings. The summed E-state index contributed by atoms with van der Waals surface area (Å²) in [6.45, 7) is 1.79. The number of carbonyl (C=O) groups excluding carboxylic acids is 2. The van der Waals surface area contributed by atoms with Gasteiger partial charge in [0.05, 0.1) is 12.5 Å². The van der Waals surface area contributed by atoms with Crippen molar-refractivity contribution in [2.45, 2.75) is 31.4 Å². The maximum Gasteiger partial charge on any atom is 0.407 e. The van der Waals surface area contributed by atoms with E-state index in [0.29, 0.717) is 0 Å². The highest BCUT2D eigenvalue weighted by molar-refractivity contribution is 5.86. The zero-order valence-electron chi connectivity index (χ0n) is 18.4. The third-order valence-electron chi connectivity index (χ3n) is 5.76. The molecule has 170 valence electrons. The minimum absolute atomic E-state index is 0.0213. The van der Waals surface area contributed by atoms with Gasteiger partial charge in [0.2, 0.25) is 5.91 Å². The van der Waals surface area contributed by atoms with Crippen LogP contribution in [0.25, 0.3) is 11.1 Å². The van der Waals surface area contributed by atoms with Gasteiger partial charge in [-0.25, -0.2) is 4.79 Å². The number of nitrogens with zero attached hydrogens (tertiary/aromatic N) is 1. The Kier molecular flexibility index (Phi) is 7.48. The number of hydrogen-bond acceptors (Lipinski definition) is 5. The predicted molar refractivity (Wildman–Crippen MR) is 118 cm³/mol. The van der Waals surface area contributed by atoms with E-state index < -0.39 is 30.1 Å². The molecule has 0 bridgehead atoms. The standard InChI is InChI=1S/C24H28N2O6/c1-15(31-3)22(23(29)26(2)13-12-21(27)28)25-24(30)32-14-20-18-10-6-4-8-16(18)17-9-5-7-11-19(17)20/h4-11,15,20,22H,12-14H2,1-3H3,(H,25,30)(H,27,28). The highest BCUT2D eigenvalue weighted by Crippen LogP contribution is 2.44. The minimum atomic E-state index is -1.01. The van der Waals surface area contributed by atoms with Gasteiger partial charge < -0.3 is 24.8 Å². The van der Waals surface area contributed by atoms with Crippen LogP contribution in [-0.4, -0.2) is 67.4 Å². The maximum absolute atomic E-state index is 12.8. The fourth-order valence-corrected chi connectivity index (χ4v) is 3.89. The van der Waals surface area contributed by atoms with Gasteiger partial charge in [0, 0.05) is 26.6 Å². The summed E-state index contributed by atoms with van der Waals surface area (Å²) in [5.41, 5.74) is 4.43. The lowest BCUT2D eigenvalue weighted by Gasteiger charge is -2.27. The Morgan fingerprint density at radius 3 is 2.16 bits per heavy atom. The zero-order valence-corrected chi connectivity index (χ0v) is 18.4. The van der Waals surface area contributed by atoms with E-state index in [2.05, 4.69) is 17.4 Å². The fourth-order valence-electron chi connectivity index (χ4n) is 3.89. The molecule has 0 spiro atoms. The molecule has 8 nitrogen and oxygen atoms in total. The Hall–Kier alpha value is -3.39. The number of benzene rings is 2. The second-order valence-corrected chi connectivity index (χ2v) is 7.79. The number of carboxylic acids is 1. The van der Waals surface area contributed by atoms with Gasteiger partial charge in [-0.05, 0) is 29.2 Å². The number of fused-ring (bicyclic) bond motifs is 3. The highest BCUT2D eigenvalue weighted by Gasteiger charge is 2.32. The average molecular weight is 440 g/mol. The van der Waals surface area contributed by atoms with E-state index in [-0.39, 0.29) is 25.5 Å². The largest absolute Gasteiger partial charge is 0.481 e. The Bertz CT molecular complexity index is 946. The van der Waals surface area contributed by atoms with E-state index in [9.17, 15) is 14.4 Å². The van der Waals surface area contributed by atoms with Gasteiger partial charge in [0.25, 0.3) is 0 Å². The number of nitrogens with one attached hydrogen (secondary N) is 1. The van der Waals surface area contributed by atoms with Crippen LogP contribution in [0.5, 0.6) is 0 Å². The Balaban J connectivity index is 1.67. The van der Waals surface area contributed by atoms with Crippen LogP contribution in [0, 0.1) is 0 Å². The van der Waals surface area contributed by atoms with Crippen molar-refractivity contribution < 1.29 is 29.0 Å². The fraction of sp³-hybridized carbons (Fsp3) is 0.375. The number of ether oxygens (including phenoxy) is 2. The Labute approximate surface area is 187 Å². The van der Waals surface area contributed by atoms with E-state index in [4.69, 9.17) is 14.6 Å². The average Bonchev–Trinajstić information content (AvgIpc) is 3.12. The van der Waals surface area contributed by atoms with Gasteiger partial charge in [0.15, 0.2) is 0 Å². The molecule has 0 saturated heterocycles. The van der Waals surface area contributed by atoms with Crippen molar-refractivity contribution in [1.29, 1.82) is 0 Å². The summed E-state index contributed by atoms with van der Waals surface area (Å²) in [4.78, 5) is 37.4. The van der Waals surface area contributed by atoms with Crippen LogP contribution in [0.1, 0.15) is 30.4 Å². The molecule has 1 aliphatic rings. The first-order valence-electron chi connectivity index (χ1n) is 10.4. The van der Waals surface area contributed by atoms with E-state index in [1.807, 2.05) is 36.4 Å². The molecule has 2 aromatic rings. The number of methoxy groups -OCH3 is 1. The van der Waals surface area contributed by atoms with Crippen molar-refractivity contribution in [3.63, 3.8) is 0 Å². The molecule has 2 unspecified atom stereocenters. The summed E-state index contributed by atoms with van der Waals surface area (Å²) in [6.07, 6.45) is -1.56. The smallest absolute Gasteiger partial charge is 0.407 e. The van der Waals surface area contributed by atoms with Crippen molar-refractivity contribution in [1.82, 2.24) is 10.2 Å². The summed E-state index contributed by atoms with van der Waals surface area (Å²) in [5, 5.41) is 11.4. The maximum atomic E-state index is 12.8. The van der Waals surface area contributed by atoms with Crippen molar-refractivity contribution >= 4 is 18.0 Å². The van der Waals surface area contributed by atoms with Gasteiger partial charge in [-0.2, -0.15) is 0 Å². The number of likely N-dealkylation sites (N-methyl/N-ethyl adjacent to an activating group) is 1. The van der Waals surface area contributed by atoms with Gasteiger partial charge >= 0.3 is 12.1 Å².